The van der Waals surface area contributed by atoms with Gasteiger partial charge in [0.2, 0.25) is 0 Å². The van der Waals surface area contributed by atoms with E-state index < -0.39 is 0 Å². The number of fused-ring (bicyclic) bond motifs is 1. The number of hydrogen-bond donors (Lipinski definition) is 2. The Hall–Kier alpha value is -3.59. The molecule has 0 fully saturated rings. The molecular formula is C29H39ClN4O5. The number of amidine groups is 1. The van der Waals surface area contributed by atoms with Gasteiger partial charge in [-0.2, -0.15) is 0 Å². The fourth-order valence-electron chi connectivity index (χ4n) is 4.33. The summed E-state index contributed by atoms with van der Waals surface area (Å²) in [6.07, 6.45) is 0. The highest BCUT2D eigenvalue weighted by molar-refractivity contribution is 6.07. The average molecular weight is 559 g/mol. The molecule has 1 amide bonds. The number of amides is 1. The topological polar surface area (TPSA) is 112 Å². The van der Waals surface area contributed by atoms with Crippen molar-refractivity contribution in [3.63, 3.8) is 0 Å². The van der Waals surface area contributed by atoms with Crippen molar-refractivity contribution in [2.45, 2.75) is 46.6 Å². The maximum Gasteiger partial charge on any atom is 0.325 e. The third kappa shape index (κ3) is 7.29. The van der Waals surface area contributed by atoms with Crippen molar-refractivity contribution in [1.29, 1.82) is 5.41 Å². The molecule has 2 N–H and O–H groups in total. The summed E-state index contributed by atoms with van der Waals surface area (Å²) in [6.45, 7) is 11.0. The molecule has 0 saturated carbocycles. The molecule has 0 saturated heterocycles. The van der Waals surface area contributed by atoms with Crippen LogP contribution < -0.4 is 15.0 Å². The van der Waals surface area contributed by atoms with E-state index in [1.54, 1.807) is 49.0 Å². The number of benzene rings is 2. The second-order valence-corrected chi connectivity index (χ2v) is 10.3. The second kappa shape index (κ2) is 13.0. The lowest BCUT2D eigenvalue weighted by Crippen LogP contribution is -2.31. The number of nitrogens with one attached hydrogen (secondary N) is 2. The number of esters is 1. The molecule has 39 heavy (non-hydrogen) atoms. The fourth-order valence-corrected chi connectivity index (χ4v) is 4.33. The Morgan fingerprint density at radius 1 is 1.08 bits per heavy atom. The Balaban J connectivity index is 0.00000533. The molecule has 0 bridgehead atoms. The van der Waals surface area contributed by atoms with Crippen LogP contribution in [0.15, 0.2) is 30.3 Å². The average Bonchev–Trinajstić information content (AvgIpc) is 3.16. The number of carbonyl (C=O) groups is 3. The highest BCUT2D eigenvalue weighted by atomic mass is 35.5. The SMILES string of the molecule is CCOC(=O)CN(C)c1cc(C(=O)CN2Cc3cc(OCC)c(C(=O)NC)cc3C2=N)cc(C(C)(C)C)c1.Cl. The molecule has 212 valence electrons. The Bertz CT molecular complexity index is 1250. The normalized spacial score (nSPS) is 12.4. The zero-order valence-corrected chi connectivity index (χ0v) is 24.6. The lowest BCUT2D eigenvalue weighted by Gasteiger charge is -2.25. The lowest BCUT2D eigenvalue weighted by molar-refractivity contribution is -0.141. The molecule has 0 atom stereocenters. The Morgan fingerprint density at radius 2 is 1.77 bits per heavy atom. The van der Waals surface area contributed by atoms with Gasteiger partial charge in [0.25, 0.3) is 5.91 Å². The van der Waals surface area contributed by atoms with Gasteiger partial charge in [0.1, 0.15) is 18.1 Å². The van der Waals surface area contributed by atoms with Crippen LogP contribution in [0.4, 0.5) is 5.69 Å². The van der Waals surface area contributed by atoms with E-state index in [0.29, 0.717) is 42.2 Å². The highest BCUT2D eigenvalue weighted by Gasteiger charge is 2.30. The van der Waals surface area contributed by atoms with Crippen LogP contribution in [0.2, 0.25) is 0 Å². The lowest BCUT2D eigenvalue weighted by atomic mass is 9.85. The summed E-state index contributed by atoms with van der Waals surface area (Å²) in [6, 6.07) is 9.09. The van der Waals surface area contributed by atoms with Gasteiger partial charge in [-0.25, -0.2) is 0 Å². The number of ether oxygens (including phenoxy) is 2. The van der Waals surface area contributed by atoms with Crippen molar-refractivity contribution in [3.8, 4) is 5.75 Å². The van der Waals surface area contributed by atoms with E-state index in [4.69, 9.17) is 14.9 Å². The first-order valence-electron chi connectivity index (χ1n) is 12.8. The van der Waals surface area contributed by atoms with E-state index in [0.717, 1.165) is 16.8 Å². The van der Waals surface area contributed by atoms with Gasteiger partial charge >= 0.3 is 5.97 Å². The third-order valence-corrected chi connectivity index (χ3v) is 6.46. The van der Waals surface area contributed by atoms with E-state index in [-0.39, 0.29) is 54.4 Å². The van der Waals surface area contributed by atoms with Crippen molar-refractivity contribution in [2.75, 3.05) is 45.3 Å². The first-order chi connectivity index (χ1) is 17.9. The van der Waals surface area contributed by atoms with Crippen LogP contribution in [0.25, 0.3) is 0 Å². The Kier molecular flexibility index (Phi) is 10.5. The van der Waals surface area contributed by atoms with Crippen LogP contribution in [0, 0.1) is 5.41 Å². The van der Waals surface area contributed by atoms with Gasteiger partial charge < -0.3 is 24.6 Å². The number of halogens is 1. The maximum absolute atomic E-state index is 13.5. The molecule has 1 heterocycles. The van der Waals surface area contributed by atoms with Gasteiger partial charge in [0.05, 0.1) is 25.3 Å². The van der Waals surface area contributed by atoms with Crippen molar-refractivity contribution in [1.82, 2.24) is 10.2 Å². The number of likely N-dealkylation sites (N-methyl/N-ethyl adjacent to an activating group) is 1. The van der Waals surface area contributed by atoms with Crippen LogP contribution in [-0.4, -0.2) is 68.8 Å². The summed E-state index contributed by atoms with van der Waals surface area (Å²) in [5, 5.41) is 11.3. The molecular weight excluding hydrogens is 520 g/mol. The predicted octanol–water partition coefficient (Wildman–Crippen LogP) is 4.19. The van der Waals surface area contributed by atoms with E-state index >= 15 is 0 Å². The van der Waals surface area contributed by atoms with E-state index in [2.05, 4.69) is 26.1 Å². The monoisotopic (exact) mass is 558 g/mol. The molecule has 0 aromatic heterocycles. The summed E-state index contributed by atoms with van der Waals surface area (Å²) in [5.74, 6) is -0.130. The van der Waals surface area contributed by atoms with Gasteiger partial charge in [-0.15, -0.1) is 12.4 Å². The second-order valence-electron chi connectivity index (χ2n) is 10.3. The largest absolute Gasteiger partial charge is 0.493 e. The molecule has 2 aromatic rings. The van der Waals surface area contributed by atoms with Gasteiger partial charge in [-0.3, -0.25) is 19.8 Å². The molecule has 1 aliphatic rings. The first kappa shape index (κ1) is 31.6. The van der Waals surface area contributed by atoms with Crippen LogP contribution in [0.1, 0.15) is 72.0 Å². The van der Waals surface area contributed by atoms with Gasteiger partial charge in [0, 0.05) is 37.5 Å². The Morgan fingerprint density at radius 3 is 2.36 bits per heavy atom. The standard InChI is InChI=1S/C29H38N4O5.ClH/c1-8-37-25-12-19-15-33(27(30)22(19)14-23(25)28(36)31-6)16-24(34)18-10-20(29(3,4)5)13-21(11-18)32(7)17-26(35)38-9-2;/h10-14,30H,8-9,15-17H2,1-7H3,(H,31,36);1H. The summed E-state index contributed by atoms with van der Waals surface area (Å²) in [4.78, 5) is 41.5. The number of rotatable bonds is 10. The Labute approximate surface area is 236 Å². The predicted molar refractivity (Wildman–Crippen MR) is 155 cm³/mol. The van der Waals surface area contributed by atoms with Gasteiger partial charge in [-0.05, 0) is 60.7 Å². The third-order valence-electron chi connectivity index (χ3n) is 6.46. The van der Waals surface area contributed by atoms with Crippen molar-refractivity contribution >= 4 is 41.6 Å². The number of Topliss-reactive ketones (excluding diaryl/α,β-unsaturated/α-hetero) is 1. The molecule has 1 aliphatic heterocycles. The van der Waals surface area contributed by atoms with E-state index in [1.807, 2.05) is 19.1 Å². The maximum atomic E-state index is 13.5. The first-order valence-corrected chi connectivity index (χ1v) is 12.8. The van der Waals surface area contributed by atoms with Crippen LogP contribution in [0.5, 0.6) is 5.75 Å². The van der Waals surface area contributed by atoms with Crippen molar-refractivity contribution < 1.29 is 23.9 Å². The van der Waals surface area contributed by atoms with Crippen LogP contribution >= 0.6 is 12.4 Å². The molecule has 0 spiro atoms. The zero-order chi connectivity index (χ0) is 28.2. The van der Waals surface area contributed by atoms with Crippen LogP contribution in [0.3, 0.4) is 0 Å². The number of nitrogens with zero attached hydrogens (tertiary/aromatic N) is 2. The summed E-state index contributed by atoms with van der Waals surface area (Å²) in [7, 11) is 3.34. The fraction of sp³-hybridized carbons (Fsp3) is 0.448. The number of ketones is 1. The zero-order valence-electron chi connectivity index (χ0n) is 23.8. The summed E-state index contributed by atoms with van der Waals surface area (Å²) in [5.41, 5.74) is 3.79. The van der Waals surface area contributed by atoms with Crippen molar-refractivity contribution in [2.24, 2.45) is 0 Å². The van der Waals surface area contributed by atoms with Crippen LogP contribution in [-0.2, 0) is 21.5 Å². The molecule has 0 unspecified atom stereocenters. The molecule has 2 aromatic carbocycles. The smallest absolute Gasteiger partial charge is 0.325 e. The minimum Gasteiger partial charge on any atom is -0.493 e. The molecule has 0 aliphatic carbocycles. The summed E-state index contributed by atoms with van der Waals surface area (Å²) >= 11 is 0. The van der Waals surface area contributed by atoms with Gasteiger partial charge in [0.15, 0.2) is 5.78 Å². The minimum atomic E-state index is -0.338. The van der Waals surface area contributed by atoms with E-state index in [1.165, 1.54) is 0 Å². The van der Waals surface area contributed by atoms with Crippen molar-refractivity contribution in [3.05, 3.63) is 58.1 Å². The molecule has 3 rings (SSSR count). The molecule has 9 nitrogen and oxygen atoms in total. The number of anilines is 1. The summed E-state index contributed by atoms with van der Waals surface area (Å²) < 4.78 is 10.8. The molecule has 0 radical (unpaired) electrons. The minimum absolute atomic E-state index is 0. The number of hydrogen-bond acceptors (Lipinski definition) is 7. The molecule has 10 heteroatoms. The number of carbonyl (C=O) groups excluding carboxylic acids is 3. The highest BCUT2D eigenvalue weighted by Crippen LogP contribution is 2.32. The van der Waals surface area contributed by atoms with E-state index in [9.17, 15) is 14.4 Å². The van der Waals surface area contributed by atoms with Gasteiger partial charge in [-0.1, -0.05) is 20.8 Å². The quantitative estimate of drug-likeness (QED) is 0.332.